The summed E-state index contributed by atoms with van der Waals surface area (Å²) in [7, 11) is 6.64. The highest BCUT2D eigenvalue weighted by molar-refractivity contribution is 5.90. The monoisotopic (exact) mass is 688 g/mol. The lowest BCUT2D eigenvalue weighted by molar-refractivity contribution is -0.147. The highest BCUT2D eigenvalue weighted by Crippen LogP contribution is 2.29. The van der Waals surface area contributed by atoms with Gasteiger partial charge in [0.2, 0.25) is 23.6 Å². The fraction of sp³-hybridized carbons (Fsp3) is 0.757. The van der Waals surface area contributed by atoms with E-state index in [0.717, 1.165) is 24.8 Å². The van der Waals surface area contributed by atoms with Gasteiger partial charge in [-0.15, -0.1) is 0 Å². The maximum atomic E-state index is 14.1. The van der Waals surface area contributed by atoms with Gasteiger partial charge >= 0.3 is 0 Å². The lowest BCUT2D eigenvalue weighted by Crippen LogP contribution is -2.59. The maximum absolute atomic E-state index is 14.1. The number of methoxy groups -OCH3 is 2. The molecule has 2 heterocycles. The number of ether oxygens (including phenoxy) is 2. The van der Waals surface area contributed by atoms with Gasteiger partial charge in [0, 0.05) is 46.8 Å². The summed E-state index contributed by atoms with van der Waals surface area (Å²) < 4.78 is 11.9. The van der Waals surface area contributed by atoms with Crippen LogP contribution in [0.15, 0.2) is 24.5 Å². The molecule has 12 heteroatoms. The number of nitrogens with zero attached hydrogens (tertiary/aromatic N) is 3. The number of amides is 4. The molecule has 12 nitrogen and oxygen atoms in total. The van der Waals surface area contributed by atoms with Gasteiger partial charge in [0.1, 0.15) is 6.04 Å². The van der Waals surface area contributed by atoms with E-state index in [0.29, 0.717) is 19.5 Å². The molecule has 4 amide bonds. The van der Waals surface area contributed by atoms with Crippen molar-refractivity contribution in [3.05, 3.63) is 30.1 Å². The lowest BCUT2D eigenvalue weighted by Gasteiger charge is -2.41. The molecule has 8 atom stereocenters. The zero-order valence-corrected chi connectivity index (χ0v) is 31.8. The maximum Gasteiger partial charge on any atom is 0.245 e. The van der Waals surface area contributed by atoms with Crippen LogP contribution in [-0.2, 0) is 35.1 Å². The number of hydrogen-bond donors (Lipinski definition) is 3. The first kappa shape index (κ1) is 42.1. The molecule has 3 N–H and O–H groups in total. The molecule has 0 aromatic carbocycles. The van der Waals surface area contributed by atoms with Gasteiger partial charge in [0.05, 0.1) is 42.7 Å². The normalized spacial score (nSPS) is 19.1. The molecule has 1 aromatic rings. The minimum absolute atomic E-state index is 0.00687. The van der Waals surface area contributed by atoms with Crippen LogP contribution in [-0.4, -0.2) is 116 Å². The van der Waals surface area contributed by atoms with Crippen LogP contribution in [0.3, 0.4) is 0 Å². The average molecular weight is 689 g/mol. The Hall–Kier alpha value is -3.09. The molecule has 49 heavy (non-hydrogen) atoms. The number of carbonyl (C=O) groups is 4. The molecule has 0 saturated carbocycles. The van der Waals surface area contributed by atoms with Crippen molar-refractivity contribution in [1.29, 1.82) is 0 Å². The predicted octanol–water partition coefficient (Wildman–Crippen LogP) is 3.05. The van der Waals surface area contributed by atoms with Gasteiger partial charge in [-0.2, -0.15) is 0 Å². The van der Waals surface area contributed by atoms with Crippen molar-refractivity contribution in [1.82, 2.24) is 30.7 Å². The van der Waals surface area contributed by atoms with E-state index in [1.165, 1.54) is 0 Å². The number of aromatic nitrogens is 1. The second kappa shape index (κ2) is 20.6. The molecule has 1 saturated heterocycles. The molecular formula is C37H64N6O6. The fourth-order valence-electron chi connectivity index (χ4n) is 7.09. The van der Waals surface area contributed by atoms with E-state index in [1.807, 2.05) is 51.7 Å². The Morgan fingerprint density at radius 3 is 2.22 bits per heavy atom. The van der Waals surface area contributed by atoms with Gasteiger partial charge < -0.3 is 35.2 Å². The molecule has 278 valence electrons. The van der Waals surface area contributed by atoms with Crippen molar-refractivity contribution in [3.8, 4) is 0 Å². The number of hydrogen-bond acceptors (Lipinski definition) is 8. The quantitative estimate of drug-likeness (QED) is 0.190. The van der Waals surface area contributed by atoms with Crippen LogP contribution in [0, 0.1) is 23.7 Å². The highest BCUT2D eigenvalue weighted by Gasteiger charge is 2.43. The molecule has 1 aliphatic rings. The molecule has 0 radical (unpaired) electrons. The van der Waals surface area contributed by atoms with Crippen molar-refractivity contribution < 1.29 is 28.7 Å². The lowest BCUT2D eigenvalue weighted by atomic mass is 9.89. The molecule has 1 unspecified atom stereocenters. The molecule has 1 aromatic heterocycles. The van der Waals surface area contributed by atoms with E-state index in [4.69, 9.17) is 9.47 Å². The number of nitrogens with one attached hydrogen (secondary N) is 3. The number of pyridine rings is 1. The van der Waals surface area contributed by atoms with E-state index in [-0.39, 0.29) is 53.8 Å². The standard InChI is InChI=1S/C37H64N6O6/c1-12-25(6)33(42(9)37(47)32(24(4)5)41-36(46)31(38-8)23(2)3)29(48-10)21-30(44)43-20-14-16-28(43)34(49-11)26(7)35(45)40-19-17-27-15-13-18-39-22-27/h13,15,18,22-26,28-29,31-34,38H,12,14,16-17,19-21H2,1-11H3,(H,40,45)(H,41,46)/t25-,26+,28-,29+,31-,32?,33-,34+/m0/s1. The molecule has 0 spiro atoms. The minimum Gasteiger partial charge on any atom is -0.379 e. The first-order valence-electron chi connectivity index (χ1n) is 18.0. The second-order valence-electron chi connectivity index (χ2n) is 14.2. The first-order valence-corrected chi connectivity index (χ1v) is 18.0. The van der Waals surface area contributed by atoms with Crippen molar-refractivity contribution in [2.75, 3.05) is 41.4 Å². The first-order chi connectivity index (χ1) is 23.2. The summed E-state index contributed by atoms with van der Waals surface area (Å²) >= 11 is 0. The summed E-state index contributed by atoms with van der Waals surface area (Å²) in [6, 6.07) is 1.99. The van der Waals surface area contributed by atoms with E-state index < -0.39 is 36.3 Å². The second-order valence-corrected chi connectivity index (χ2v) is 14.2. The molecular weight excluding hydrogens is 624 g/mol. The van der Waals surface area contributed by atoms with E-state index >= 15 is 0 Å². The third-order valence-corrected chi connectivity index (χ3v) is 10.2. The van der Waals surface area contributed by atoms with Crippen molar-refractivity contribution in [2.45, 2.75) is 117 Å². The molecule has 1 fully saturated rings. The number of rotatable bonds is 20. The number of likely N-dealkylation sites (N-methyl/N-ethyl adjacent to an activating group) is 2. The third-order valence-electron chi connectivity index (χ3n) is 10.2. The molecule has 2 rings (SSSR count). The highest BCUT2D eigenvalue weighted by atomic mass is 16.5. The van der Waals surface area contributed by atoms with Crippen molar-refractivity contribution >= 4 is 23.6 Å². The summed E-state index contributed by atoms with van der Waals surface area (Å²) in [5, 5.41) is 9.06. The van der Waals surface area contributed by atoms with Gasteiger partial charge in [0.15, 0.2) is 0 Å². The summed E-state index contributed by atoms with van der Waals surface area (Å²) in [5.74, 6) is -1.25. The smallest absolute Gasteiger partial charge is 0.245 e. The largest absolute Gasteiger partial charge is 0.379 e. The van der Waals surface area contributed by atoms with Gasteiger partial charge in [-0.05, 0) is 55.7 Å². The van der Waals surface area contributed by atoms with Crippen LogP contribution < -0.4 is 16.0 Å². The topological polar surface area (TPSA) is 142 Å². The Morgan fingerprint density at radius 2 is 1.69 bits per heavy atom. The summed E-state index contributed by atoms with van der Waals surface area (Å²) in [4.78, 5) is 62.1. The minimum atomic E-state index is -0.741. The van der Waals surface area contributed by atoms with Gasteiger partial charge in [-0.3, -0.25) is 24.2 Å². The van der Waals surface area contributed by atoms with Gasteiger partial charge in [-0.1, -0.05) is 61.0 Å². The summed E-state index contributed by atoms with van der Waals surface area (Å²) in [5.41, 5.74) is 1.04. The average Bonchev–Trinajstić information content (AvgIpc) is 3.56. The summed E-state index contributed by atoms with van der Waals surface area (Å²) in [6.07, 6.45) is 5.46. The predicted molar refractivity (Wildman–Crippen MR) is 192 cm³/mol. The van der Waals surface area contributed by atoms with Gasteiger partial charge in [0.25, 0.3) is 0 Å². The van der Waals surface area contributed by atoms with E-state index in [2.05, 4.69) is 34.8 Å². The van der Waals surface area contributed by atoms with Crippen LogP contribution in [0.5, 0.6) is 0 Å². The van der Waals surface area contributed by atoms with Crippen molar-refractivity contribution in [2.24, 2.45) is 23.7 Å². The SMILES string of the molecule is CC[C@H](C)[C@@H]([C@@H](CC(=O)N1CCC[C@H]1[C@H](OC)[C@@H](C)C(=O)NCCc1cccnc1)OC)N(C)C(=O)C(NC(=O)[C@@H](NC)C(C)C)C(C)C. The van der Waals surface area contributed by atoms with Crippen molar-refractivity contribution in [3.63, 3.8) is 0 Å². The summed E-state index contributed by atoms with van der Waals surface area (Å²) in [6.45, 7) is 14.7. The number of likely N-dealkylation sites (tertiary alicyclic amines) is 1. The Labute approximate surface area is 294 Å². The molecule has 1 aliphatic heterocycles. The Kier molecular flexibility index (Phi) is 17.6. The Balaban J connectivity index is 2.20. The number of carbonyl (C=O) groups excluding carboxylic acids is 4. The van der Waals surface area contributed by atoms with Gasteiger partial charge in [-0.25, -0.2) is 0 Å². The zero-order valence-electron chi connectivity index (χ0n) is 31.8. The van der Waals surface area contributed by atoms with Crippen LogP contribution in [0.25, 0.3) is 0 Å². The van der Waals surface area contributed by atoms with Crippen LogP contribution in [0.1, 0.15) is 79.7 Å². The molecule has 0 bridgehead atoms. The van der Waals surface area contributed by atoms with E-state index in [1.54, 1.807) is 45.6 Å². The van der Waals surface area contributed by atoms with Crippen LogP contribution in [0.4, 0.5) is 0 Å². The Bertz CT molecular complexity index is 1180. The van der Waals surface area contributed by atoms with Crippen LogP contribution in [0.2, 0.25) is 0 Å². The Morgan fingerprint density at radius 1 is 1.02 bits per heavy atom. The third kappa shape index (κ3) is 11.5. The van der Waals surface area contributed by atoms with Crippen LogP contribution >= 0.6 is 0 Å². The zero-order chi connectivity index (χ0) is 36.8. The van der Waals surface area contributed by atoms with E-state index in [9.17, 15) is 19.2 Å². The fourth-order valence-corrected chi connectivity index (χ4v) is 7.09. The molecule has 0 aliphatic carbocycles.